The molecule has 30 heavy (non-hydrogen) atoms. The zero-order chi connectivity index (χ0) is 21.1. The molecule has 0 unspecified atom stereocenters. The van der Waals surface area contributed by atoms with Gasteiger partial charge in [-0.3, -0.25) is 9.59 Å². The summed E-state index contributed by atoms with van der Waals surface area (Å²) in [4.78, 5) is 31.0. The van der Waals surface area contributed by atoms with Gasteiger partial charge in [-0.2, -0.15) is 5.10 Å². The molecule has 7 heteroatoms. The van der Waals surface area contributed by atoms with Crippen LogP contribution in [0.2, 0.25) is 0 Å². The summed E-state index contributed by atoms with van der Waals surface area (Å²) < 4.78 is 0. The van der Waals surface area contributed by atoms with E-state index in [-0.39, 0.29) is 17.6 Å². The van der Waals surface area contributed by atoms with Crippen LogP contribution in [0.1, 0.15) is 35.8 Å². The molecule has 0 N–H and O–H groups in total. The highest BCUT2D eigenvalue weighted by atomic mass is 16.2. The van der Waals surface area contributed by atoms with Crippen LogP contribution in [0.5, 0.6) is 0 Å². The molecule has 7 nitrogen and oxygen atoms in total. The monoisotopic (exact) mass is 407 g/mol. The average Bonchev–Trinajstić information content (AvgIpc) is 2.79. The van der Waals surface area contributed by atoms with Crippen LogP contribution in [0.25, 0.3) is 0 Å². The first-order valence-corrected chi connectivity index (χ1v) is 10.7. The summed E-state index contributed by atoms with van der Waals surface area (Å²) in [5, 5.41) is 8.41. The van der Waals surface area contributed by atoms with Crippen molar-refractivity contribution in [2.45, 2.75) is 26.7 Å². The molecule has 2 saturated heterocycles. The number of hydrogen-bond donors (Lipinski definition) is 0. The van der Waals surface area contributed by atoms with Crippen molar-refractivity contribution in [3.05, 3.63) is 47.7 Å². The van der Waals surface area contributed by atoms with Crippen molar-refractivity contribution in [1.82, 2.24) is 15.1 Å². The molecule has 4 rings (SSSR count). The van der Waals surface area contributed by atoms with E-state index < -0.39 is 0 Å². The Morgan fingerprint density at radius 1 is 0.833 bits per heavy atom. The second-order valence-corrected chi connectivity index (χ2v) is 8.21. The summed E-state index contributed by atoms with van der Waals surface area (Å²) in [6.45, 7) is 8.34. The molecule has 2 fully saturated rings. The number of anilines is 2. The molecule has 1 aromatic heterocycles. The summed E-state index contributed by atoms with van der Waals surface area (Å²) in [5.74, 6) is 1.37. The first kappa shape index (κ1) is 20.3. The Morgan fingerprint density at radius 3 is 2.07 bits per heavy atom. The fourth-order valence-corrected chi connectivity index (χ4v) is 4.27. The summed E-state index contributed by atoms with van der Waals surface area (Å²) in [6, 6.07) is 11.7. The van der Waals surface area contributed by atoms with Crippen LogP contribution in [-0.2, 0) is 4.79 Å². The summed E-state index contributed by atoms with van der Waals surface area (Å²) in [5.41, 5.74) is 2.76. The zero-order valence-corrected chi connectivity index (χ0v) is 17.8. The van der Waals surface area contributed by atoms with Crippen LogP contribution < -0.4 is 9.80 Å². The summed E-state index contributed by atoms with van der Waals surface area (Å²) in [6.07, 6.45) is 1.72. The fourth-order valence-electron chi connectivity index (χ4n) is 4.27. The van der Waals surface area contributed by atoms with Crippen molar-refractivity contribution < 1.29 is 9.59 Å². The predicted molar refractivity (Wildman–Crippen MR) is 117 cm³/mol. The van der Waals surface area contributed by atoms with Crippen LogP contribution in [0, 0.1) is 12.8 Å². The number of piperazine rings is 1. The molecular weight excluding hydrogens is 378 g/mol. The van der Waals surface area contributed by atoms with Crippen LogP contribution >= 0.6 is 0 Å². The van der Waals surface area contributed by atoms with Crippen LogP contribution in [-0.4, -0.2) is 66.1 Å². The van der Waals surface area contributed by atoms with Gasteiger partial charge in [-0.1, -0.05) is 0 Å². The van der Waals surface area contributed by atoms with Crippen molar-refractivity contribution in [2.75, 3.05) is 49.1 Å². The number of hydrogen-bond acceptors (Lipinski definition) is 6. The summed E-state index contributed by atoms with van der Waals surface area (Å²) in [7, 11) is 0. The Balaban J connectivity index is 1.27. The van der Waals surface area contributed by atoms with Crippen LogP contribution in [0.3, 0.4) is 0 Å². The molecule has 1 amide bonds. The molecule has 0 radical (unpaired) electrons. The van der Waals surface area contributed by atoms with E-state index in [0.29, 0.717) is 0 Å². The standard InChI is InChI=1S/C23H29N5O2/c1-17-3-8-22(25-24-17)27-11-9-20(10-12-27)23(30)28-15-13-26(14-16-28)21-6-4-19(5-7-21)18(2)29/h3-8,20H,9-16H2,1-2H3. The number of ketones is 1. The molecule has 0 spiro atoms. The molecule has 2 aromatic rings. The van der Waals surface area contributed by atoms with E-state index in [9.17, 15) is 9.59 Å². The Bertz CT molecular complexity index is 881. The molecule has 0 bridgehead atoms. The molecule has 2 aliphatic rings. The van der Waals surface area contributed by atoms with Crippen LogP contribution in [0.4, 0.5) is 11.5 Å². The van der Waals surface area contributed by atoms with Crippen molar-refractivity contribution in [3.63, 3.8) is 0 Å². The minimum absolute atomic E-state index is 0.0810. The van der Waals surface area contributed by atoms with E-state index in [2.05, 4.69) is 20.0 Å². The second kappa shape index (κ2) is 8.81. The van der Waals surface area contributed by atoms with Gasteiger partial charge in [-0.05, 0) is 63.1 Å². The maximum absolute atomic E-state index is 13.0. The van der Waals surface area contributed by atoms with Crippen molar-refractivity contribution >= 4 is 23.2 Å². The SMILES string of the molecule is CC(=O)c1ccc(N2CCN(C(=O)C3CCN(c4ccc(C)nn4)CC3)CC2)cc1. The van der Waals surface area contributed by atoms with E-state index in [0.717, 1.165) is 74.9 Å². The zero-order valence-electron chi connectivity index (χ0n) is 17.8. The normalized spacial score (nSPS) is 17.9. The van der Waals surface area contributed by atoms with E-state index in [1.54, 1.807) is 6.92 Å². The van der Waals surface area contributed by atoms with Gasteiger partial charge in [0.2, 0.25) is 5.91 Å². The minimum Gasteiger partial charge on any atom is -0.368 e. The van der Waals surface area contributed by atoms with Crippen molar-refractivity contribution in [3.8, 4) is 0 Å². The highest BCUT2D eigenvalue weighted by Gasteiger charge is 2.31. The van der Waals surface area contributed by atoms with Crippen molar-refractivity contribution in [1.29, 1.82) is 0 Å². The topological polar surface area (TPSA) is 69.6 Å². The number of aryl methyl sites for hydroxylation is 1. The van der Waals surface area contributed by atoms with Gasteiger partial charge in [0, 0.05) is 56.4 Å². The molecule has 0 atom stereocenters. The van der Waals surface area contributed by atoms with E-state index in [1.807, 2.05) is 48.2 Å². The number of carbonyl (C=O) groups excluding carboxylic acids is 2. The Kier molecular flexibility index (Phi) is 5.97. The molecule has 3 heterocycles. The maximum atomic E-state index is 13.0. The molecular formula is C23H29N5O2. The lowest BCUT2D eigenvalue weighted by atomic mass is 9.95. The first-order chi connectivity index (χ1) is 14.5. The van der Waals surface area contributed by atoms with Gasteiger partial charge in [0.1, 0.15) is 0 Å². The first-order valence-electron chi connectivity index (χ1n) is 10.7. The number of aromatic nitrogens is 2. The van der Waals surface area contributed by atoms with Gasteiger partial charge in [0.25, 0.3) is 0 Å². The maximum Gasteiger partial charge on any atom is 0.225 e. The Labute approximate surface area is 177 Å². The molecule has 0 saturated carbocycles. The number of amides is 1. The lowest BCUT2D eigenvalue weighted by Crippen LogP contribution is -2.51. The van der Waals surface area contributed by atoms with E-state index in [4.69, 9.17) is 0 Å². The predicted octanol–water partition coefficient (Wildman–Crippen LogP) is 2.55. The highest BCUT2D eigenvalue weighted by Crippen LogP contribution is 2.24. The van der Waals surface area contributed by atoms with Gasteiger partial charge in [0.15, 0.2) is 11.6 Å². The van der Waals surface area contributed by atoms with Crippen LogP contribution in [0.15, 0.2) is 36.4 Å². The fraction of sp³-hybridized carbons (Fsp3) is 0.478. The third-order valence-electron chi connectivity index (χ3n) is 6.18. The van der Waals surface area contributed by atoms with Gasteiger partial charge in [0.05, 0.1) is 5.69 Å². The lowest BCUT2D eigenvalue weighted by Gasteiger charge is -2.39. The molecule has 2 aliphatic heterocycles. The van der Waals surface area contributed by atoms with Gasteiger partial charge in [-0.15, -0.1) is 5.10 Å². The van der Waals surface area contributed by atoms with Gasteiger partial charge >= 0.3 is 0 Å². The number of piperidine rings is 1. The third-order valence-corrected chi connectivity index (χ3v) is 6.18. The Morgan fingerprint density at radius 2 is 1.50 bits per heavy atom. The second-order valence-electron chi connectivity index (χ2n) is 8.21. The molecule has 158 valence electrons. The number of Topliss-reactive ketones (excluding diaryl/α,β-unsaturated/α-hetero) is 1. The third kappa shape index (κ3) is 4.45. The number of nitrogens with zero attached hydrogens (tertiary/aromatic N) is 5. The number of benzene rings is 1. The molecule has 1 aromatic carbocycles. The smallest absolute Gasteiger partial charge is 0.225 e. The summed E-state index contributed by atoms with van der Waals surface area (Å²) >= 11 is 0. The largest absolute Gasteiger partial charge is 0.368 e. The van der Waals surface area contributed by atoms with Gasteiger partial charge < -0.3 is 14.7 Å². The van der Waals surface area contributed by atoms with Gasteiger partial charge in [-0.25, -0.2) is 0 Å². The lowest BCUT2D eigenvalue weighted by molar-refractivity contribution is -0.136. The minimum atomic E-state index is 0.0810. The van der Waals surface area contributed by atoms with Crippen molar-refractivity contribution in [2.24, 2.45) is 5.92 Å². The number of rotatable bonds is 4. The average molecular weight is 408 g/mol. The quantitative estimate of drug-likeness (QED) is 0.726. The number of carbonyl (C=O) groups is 2. The van der Waals surface area contributed by atoms with E-state index in [1.165, 1.54) is 0 Å². The Hall–Kier alpha value is -2.96. The highest BCUT2D eigenvalue weighted by molar-refractivity contribution is 5.94. The van der Waals surface area contributed by atoms with E-state index >= 15 is 0 Å². The molecule has 0 aliphatic carbocycles.